The van der Waals surface area contributed by atoms with E-state index < -0.39 is 20.9 Å². The molecule has 0 aromatic heterocycles. The zero-order valence-corrected chi connectivity index (χ0v) is 18.5. The molecule has 0 amide bonds. The predicted molar refractivity (Wildman–Crippen MR) is 119 cm³/mol. The quantitative estimate of drug-likeness (QED) is 0.663. The highest BCUT2D eigenvalue weighted by Gasteiger charge is 2.57. The van der Waals surface area contributed by atoms with Crippen LogP contribution in [-0.2, 0) is 21.2 Å². The van der Waals surface area contributed by atoms with Crippen molar-refractivity contribution in [1.82, 2.24) is 4.31 Å². The molecule has 30 heavy (non-hydrogen) atoms. The number of Topliss-reactive ketones (excluding diaryl/α,β-unsaturated/α-hetero) is 1. The second kappa shape index (κ2) is 7.47. The maximum atomic E-state index is 13.5. The number of rotatable bonds is 5. The number of allylic oxidation sites excluding steroid dienone is 1. The van der Waals surface area contributed by atoms with Crippen molar-refractivity contribution in [3.05, 3.63) is 77.9 Å². The lowest BCUT2D eigenvalue weighted by Crippen LogP contribution is -2.42. The molecular weight excluding hydrogens is 394 g/mol. The van der Waals surface area contributed by atoms with Gasteiger partial charge in [-0.1, -0.05) is 60.2 Å². The molecule has 0 spiro atoms. The maximum Gasteiger partial charge on any atom is 0.243 e. The van der Waals surface area contributed by atoms with Gasteiger partial charge in [0.05, 0.1) is 10.3 Å². The molecule has 2 bridgehead atoms. The summed E-state index contributed by atoms with van der Waals surface area (Å²) in [5, 5.41) is 0. The molecule has 2 aliphatic rings. The van der Waals surface area contributed by atoms with E-state index in [2.05, 4.69) is 18.7 Å². The number of hydrogen-bond acceptors (Lipinski definition) is 3. The SMILES string of the molecule is C=C(C)[C@]12CCN(S(=O)(=O)c3ccc(C)cc3)C[C@](Cc3ccccc3)(CC1=O)C2. The van der Waals surface area contributed by atoms with Crippen molar-refractivity contribution in [2.75, 3.05) is 13.1 Å². The Morgan fingerprint density at radius 2 is 1.77 bits per heavy atom. The molecule has 4 nitrogen and oxygen atoms in total. The van der Waals surface area contributed by atoms with Gasteiger partial charge in [-0.15, -0.1) is 0 Å². The Kier molecular flexibility index (Phi) is 5.23. The summed E-state index contributed by atoms with van der Waals surface area (Å²) in [6.07, 6.45) is 2.26. The monoisotopic (exact) mass is 423 g/mol. The molecule has 1 saturated heterocycles. The third-order valence-corrected chi connectivity index (χ3v) is 8.80. The van der Waals surface area contributed by atoms with Crippen molar-refractivity contribution in [3.63, 3.8) is 0 Å². The van der Waals surface area contributed by atoms with E-state index in [1.165, 1.54) is 0 Å². The van der Waals surface area contributed by atoms with E-state index >= 15 is 0 Å². The molecule has 0 radical (unpaired) electrons. The van der Waals surface area contributed by atoms with E-state index in [0.29, 0.717) is 43.7 Å². The Morgan fingerprint density at radius 1 is 1.10 bits per heavy atom. The second-order valence-corrected chi connectivity index (χ2v) is 11.1. The van der Waals surface area contributed by atoms with Crippen LogP contribution in [0.5, 0.6) is 0 Å². The van der Waals surface area contributed by atoms with Crippen LogP contribution in [0.4, 0.5) is 0 Å². The van der Waals surface area contributed by atoms with E-state index in [1.807, 2.05) is 44.2 Å². The smallest absolute Gasteiger partial charge is 0.243 e. The minimum absolute atomic E-state index is 0.221. The van der Waals surface area contributed by atoms with E-state index in [1.54, 1.807) is 16.4 Å². The van der Waals surface area contributed by atoms with Crippen LogP contribution in [-0.4, -0.2) is 31.6 Å². The molecular formula is C25H29NO3S. The van der Waals surface area contributed by atoms with Crippen LogP contribution >= 0.6 is 0 Å². The van der Waals surface area contributed by atoms with Gasteiger partial charge in [-0.25, -0.2) is 8.42 Å². The van der Waals surface area contributed by atoms with Crippen molar-refractivity contribution < 1.29 is 13.2 Å². The van der Waals surface area contributed by atoms with Crippen LogP contribution in [0.25, 0.3) is 0 Å². The van der Waals surface area contributed by atoms with Gasteiger partial charge in [-0.2, -0.15) is 4.31 Å². The van der Waals surface area contributed by atoms with E-state index in [9.17, 15) is 13.2 Å². The van der Waals surface area contributed by atoms with Crippen molar-refractivity contribution in [3.8, 4) is 0 Å². The van der Waals surface area contributed by atoms with Gasteiger partial charge in [-0.05, 0) is 56.2 Å². The summed E-state index contributed by atoms with van der Waals surface area (Å²) in [4.78, 5) is 13.5. The highest BCUT2D eigenvalue weighted by Crippen LogP contribution is 2.56. The van der Waals surface area contributed by atoms with Crippen molar-refractivity contribution in [2.45, 2.75) is 44.4 Å². The van der Waals surface area contributed by atoms with Gasteiger partial charge in [0.1, 0.15) is 5.78 Å². The summed E-state index contributed by atoms with van der Waals surface area (Å²) in [5.74, 6) is 0.221. The highest BCUT2D eigenvalue weighted by molar-refractivity contribution is 7.89. The average molecular weight is 424 g/mol. The lowest BCUT2D eigenvalue weighted by molar-refractivity contribution is -0.124. The fourth-order valence-corrected chi connectivity index (χ4v) is 6.85. The van der Waals surface area contributed by atoms with E-state index in [4.69, 9.17) is 0 Å². The van der Waals surface area contributed by atoms with Gasteiger partial charge < -0.3 is 0 Å². The lowest BCUT2D eigenvalue weighted by atomic mass is 9.72. The number of nitrogens with zero attached hydrogens (tertiary/aromatic N) is 1. The molecule has 0 N–H and O–H groups in total. The van der Waals surface area contributed by atoms with Crippen LogP contribution in [0, 0.1) is 17.8 Å². The minimum atomic E-state index is -3.63. The first-order chi connectivity index (χ1) is 14.2. The van der Waals surface area contributed by atoms with Crippen LogP contribution in [0.1, 0.15) is 37.3 Å². The molecule has 2 aromatic carbocycles. The molecule has 158 valence electrons. The topological polar surface area (TPSA) is 54.5 Å². The molecule has 2 atom stereocenters. The lowest BCUT2D eigenvalue weighted by Gasteiger charge is -2.33. The van der Waals surface area contributed by atoms with Crippen molar-refractivity contribution in [2.24, 2.45) is 10.8 Å². The van der Waals surface area contributed by atoms with Crippen molar-refractivity contribution >= 4 is 15.8 Å². The number of ketones is 1. The predicted octanol–water partition coefficient (Wildman–Crippen LogP) is 4.54. The fourth-order valence-electron chi connectivity index (χ4n) is 5.30. The number of fused-ring (bicyclic) bond motifs is 2. The van der Waals surface area contributed by atoms with Crippen molar-refractivity contribution in [1.29, 1.82) is 0 Å². The van der Waals surface area contributed by atoms with Gasteiger partial charge in [0.2, 0.25) is 10.0 Å². The molecule has 5 heteroatoms. The number of benzene rings is 2. The first kappa shape index (κ1) is 21.0. The molecule has 1 aliphatic heterocycles. The van der Waals surface area contributed by atoms with E-state index in [-0.39, 0.29) is 5.78 Å². The third kappa shape index (κ3) is 3.54. The first-order valence-corrected chi connectivity index (χ1v) is 11.9. The maximum absolute atomic E-state index is 13.5. The zero-order chi connectivity index (χ0) is 21.6. The van der Waals surface area contributed by atoms with Crippen LogP contribution in [0.15, 0.2) is 71.6 Å². The first-order valence-electron chi connectivity index (χ1n) is 10.5. The van der Waals surface area contributed by atoms with Crippen LogP contribution in [0.3, 0.4) is 0 Å². The summed E-state index contributed by atoms with van der Waals surface area (Å²) < 4.78 is 28.6. The highest BCUT2D eigenvalue weighted by atomic mass is 32.2. The summed E-state index contributed by atoms with van der Waals surface area (Å²) in [6, 6.07) is 17.1. The number of sulfonamides is 1. The Balaban J connectivity index is 1.75. The Morgan fingerprint density at radius 3 is 2.40 bits per heavy atom. The van der Waals surface area contributed by atoms with Gasteiger partial charge >= 0.3 is 0 Å². The molecule has 1 saturated carbocycles. The summed E-state index contributed by atoms with van der Waals surface area (Å²) in [6.45, 7) is 8.70. The van der Waals surface area contributed by atoms with Gasteiger partial charge in [0.25, 0.3) is 0 Å². The second-order valence-electron chi connectivity index (χ2n) is 9.20. The molecule has 2 fully saturated rings. The summed E-state index contributed by atoms with van der Waals surface area (Å²) in [5.41, 5.74) is 1.99. The minimum Gasteiger partial charge on any atom is -0.299 e. The average Bonchev–Trinajstić information content (AvgIpc) is 2.86. The fraction of sp³-hybridized carbons (Fsp3) is 0.400. The zero-order valence-electron chi connectivity index (χ0n) is 17.7. The number of carbonyl (C=O) groups is 1. The third-order valence-electron chi connectivity index (χ3n) is 6.94. The molecule has 0 unspecified atom stereocenters. The molecule has 1 aliphatic carbocycles. The Bertz CT molecular complexity index is 1080. The molecule has 4 rings (SSSR count). The summed E-state index contributed by atoms with van der Waals surface area (Å²) >= 11 is 0. The normalized spacial score (nSPS) is 27.1. The van der Waals surface area contributed by atoms with E-state index in [0.717, 1.165) is 16.7 Å². The summed E-state index contributed by atoms with van der Waals surface area (Å²) in [7, 11) is -3.63. The number of hydrogen-bond donors (Lipinski definition) is 0. The van der Waals surface area contributed by atoms with Gasteiger partial charge in [0.15, 0.2) is 0 Å². The van der Waals surface area contributed by atoms with Crippen LogP contribution < -0.4 is 0 Å². The standard InChI is InChI=1S/C25H29NO3S/c1-19(2)25-13-14-26(30(28,29)22-11-9-20(3)10-12-22)18-24(17-25,16-23(25)27)15-21-7-5-4-6-8-21/h4-12H,1,13-18H2,2-3H3/t24-,25-/m1/s1. The molecule has 2 aromatic rings. The Labute approximate surface area is 179 Å². The largest absolute Gasteiger partial charge is 0.299 e. The van der Waals surface area contributed by atoms with Crippen LogP contribution in [0.2, 0.25) is 0 Å². The van der Waals surface area contributed by atoms with Gasteiger partial charge in [0, 0.05) is 19.5 Å². The number of carbonyl (C=O) groups excluding carboxylic acids is 1. The van der Waals surface area contributed by atoms with Gasteiger partial charge in [-0.3, -0.25) is 4.79 Å². The Hall–Kier alpha value is -2.24. The number of aryl methyl sites for hydroxylation is 1. The molecule has 1 heterocycles.